The van der Waals surface area contributed by atoms with E-state index < -0.39 is 10.5 Å². The molecule has 3 rings (SSSR count). The van der Waals surface area contributed by atoms with Gasteiger partial charge in [0.2, 0.25) is 0 Å². The van der Waals surface area contributed by atoms with Crippen molar-refractivity contribution in [2.75, 3.05) is 0 Å². The quantitative estimate of drug-likeness (QED) is 0.404. The Balaban J connectivity index is 2.00. The molecule has 1 aromatic heterocycles. The molecule has 6 heteroatoms. The van der Waals surface area contributed by atoms with Gasteiger partial charge in [0.05, 0.1) is 10.5 Å². The summed E-state index contributed by atoms with van der Waals surface area (Å²) in [6.07, 6.45) is 0. The van der Waals surface area contributed by atoms with Crippen LogP contribution in [0.4, 0.5) is 5.69 Å². The zero-order valence-corrected chi connectivity index (χ0v) is 14.2. The summed E-state index contributed by atoms with van der Waals surface area (Å²) in [5.74, 6) is 0.416. The molecule has 6 nitrogen and oxygen atoms in total. The van der Waals surface area contributed by atoms with Crippen molar-refractivity contribution in [3.63, 3.8) is 0 Å². The SMILES string of the molecule is Cc1ccc2c(COc3cccc([N+](=O)[O-])c3C)cc(=O)oc2c1C. The first kappa shape index (κ1) is 16.7. The van der Waals surface area contributed by atoms with Crippen molar-refractivity contribution in [2.45, 2.75) is 27.4 Å². The van der Waals surface area contributed by atoms with Crippen molar-refractivity contribution >= 4 is 16.7 Å². The lowest BCUT2D eigenvalue weighted by molar-refractivity contribution is -0.385. The first-order valence-electron chi connectivity index (χ1n) is 7.78. The van der Waals surface area contributed by atoms with Crippen molar-refractivity contribution in [1.82, 2.24) is 0 Å². The van der Waals surface area contributed by atoms with E-state index in [1.54, 1.807) is 19.1 Å². The topological polar surface area (TPSA) is 82.6 Å². The van der Waals surface area contributed by atoms with Crippen LogP contribution in [0, 0.1) is 30.9 Å². The van der Waals surface area contributed by atoms with Crippen LogP contribution in [0.2, 0.25) is 0 Å². The lowest BCUT2D eigenvalue weighted by Crippen LogP contribution is -2.06. The van der Waals surface area contributed by atoms with Crippen LogP contribution in [0.3, 0.4) is 0 Å². The molecule has 0 aliphatic rings. The molecule has 0 spiro atoms. The van der Waals surface area contributed by atoms with Crippen molar-refractivity contribution < 1.29 is 14.1 Å². The zero-order valence-electron chi connectivity index (χ0n) is 14.2. The molecule has 1 heterocycles. The number of nitro benzene ring substituents is 1. The van der Waals surface area contributed by atoms with Gasteiger partial charge in [0.25, 0.3) is 5.69 Å². The number of benzene rings is 2. The fraction of sp³-hybridized carbons (Fsp3) is 0.211. The molecule has 128 valence electrons. The Kier molecular flexibility index (Phi) is 4.27. The van der Waals surface area contributed by atoms with E-state index in [1.165, 1.54) is 12.1 Å². The molecule has 0 atom stereocenters. The molecule has 0 saturated heterocycles. The number of hydrogen-bond donors (Lipinski definition) is 0. The van der Waals surface area contributed by atoms with Crippen LogP contribution in [0.1, 0.15) is 22.3 Å². The van der Waals surface area contributed by atoms with Gasteiger partial charge in [-0.05, 0) is 38.0 Å². The molecular weight excluding hydrogens is 322 g/mol. The van der Waals surface area contributed by atoms with E-state index >= 15 is 0 Å². The van der Waals surface area contributed by atoms with E-state index in [9.17, 15) is 14.9 Å². The van der Waals surface area contributed by atoms with Crippen LogP contribution in [-0.4, -0.2) is 4.92 Å². The largest absolute Gasteiger partial charge is 0.488 e. The Morgan fingerprint density at radius 3 is 2.60 bits per heavy atom. The van der Waals surface area contributed by atoms with Gasteiger partial charge < -0.3 is 9.15 Å². The highest BCUT2D eigenvalue weighted by molar-refractivity contribution is 5.83. The summed E-state index contributed by atoms with van der Waals surface area (Å²) in [5.41, 5.74) is 3.16. The molecule has 0 saturated carbocycles. The Morgan fingerprint density at radius 1 is 1.12 bits per heavy atom. The summed E-state index contributed by atoms with van der Waals surface area (Å²) in [6, 6.07) is 9.92. The lowest BCUT2D eigenvalue weighted by atomic mass is 10.0. The van der Waals surface area contributed by atoms with Gasteiger partial charge in [0, 0.05) is 23.1 Å². The number of rotatable bonds is 4. The van der Waals surface area contributed by atoms with Gasteiger partial charge in [-0.25, -0.2) is 4.79 Å². The van der Waals surface area contributed by atoms with Crippen molar-refractivity contribution in [3.05, 3.63) is 79.2 Å². The molecule has 3 aromatic rings. The zero-order chi connectivity index (χ0) is 18.1. The van der Waals surface area contributed by atoms with Crippen LogP contribution in [0.5, 0.6) is 5.75 Å². The maximum atomic E-state index is 11.9. The molecule has 0 bridgehead atoms. The molecular formula is C19H17NO5. The molecule has 25 heavy (non-hydrogen) atoms. The fourth-order valence-electron chi connectivity index (χ4n) is 2.76. The molecule has 0 aliphatic heterocycles. The summed E-state index contributed by atoms with van der Waals surface area (Å²) >= 11 is 0. The second-order valence-electron chi connectivity index (χ2n) is 5.92. The molecule has 0 N–H and O–H groups in total. The summed E-state index contributed by atoms with van der Waals surface area (Å²) < 4.78 is 11.1. The second-order valence-corrected chi connectivity index (χ2v) is 5.92. The monoisotopic (exact) mass is 339 g/mol. The predicted molar refractivity (Wildman–Crippen MR) is 94.1 cm³/mol. The van der Waals surface area contributed by atoms with Gasteiger partial charge in [-0.1, -0.05) is 18.2 Å². The van der Waals surface area contributed by atoms with Crippen LogP contribution in [0.15, 0.2) is 45.6 Å². The molecule has 2 aromatic carbocycles. The smallest absolute Gasteiger partial charge is 0.336 e. The lowest BCUT2D eigenvalue weighted by Gasteiger charge is -2.12. The highest BCUT2D eigenvalue weighted by Gasteiger charge is 2.15. The third-order valence-corrected chi connectivity index (χ3v) is 4.35. The number of ether oxygens (including phenoxy) is 1. The molecule has 0 amide bonds. The van der Waals surface area contributed by atoms with Gasteiger partial charge in [0.15, 0.2) is 0 Å². The van der Waals surface area contributed by atoms with E-state index in [0.29, 0.717) is 22.5 Å². The molecule has 0 fully saturated rings. The van der Waals surface area contributed by atoms with Crippen molar-refractivity contribution in [3.8, 4) is 5.75 Å². The third-order valence-electron chi connectivity index (χ3n) is 4.35. The van der Waals surface area contributed by atoms with E-state index in [2.05, 4.69) is 0 Å². The predicted octanol–water partition coefficient (Wildman–Crippen LogP) is 4.21. The second kappa shape index (κ2) is 6.39. The van der Waals surface area contributed by atoms with Gasteiger partial charge in [0.1, 0.15) is 17.9 Å². The number of fused-ring (bicyclic) bond motifs is 1. The molecule has 0 aliphatic carbocycles. The standard InChI is InChI=1S/C19H17NO5/c1-11-7-8-15-14(9-18(21)25-19(15)12(11)2)10-24-17-6-4-5-16(13(17)3)20(22)23/h4-9H,10H2,1-3H3. The minimum Gasteiger partial charge on any atom is -0.488 e. The van der Waals surface area contributed by atoms with Gasteiger partial charge in [-0.2, -0.15) is 0 Å². The van der Waals surface area contributed by atoms with Gasteiger partial charge >= 0.3 is 5.63 Å². The van der Waals surface area contributed by atoms with Gasteiger partial charge in [-0.15, -0.1) is 0 Å². The number of aryl methyl sites for hydroxylation is 2. The maximum Gasteiger partial charge on any atom is 0.336 e. The van der Waals surface area contributed by atoms with Crippen LogP contribution >= 0.6 is 0 Å². The van der Waals surface area contributed by atoms with E-state index in [1.807, 2.05) is 26.0 Å². The highest BCUT2D eigenvalue weighted by Crippen LogP contribution is 2.29. The van der Waals surface area contributed by atoms with E-state index in [-0.39, 0.29) is 12.3 Å². The minimum atomic E-state index is -0.449. The van der Waals surface area contributed by atoms with Crippen molar-refractivity contribution in [2.24, 2.45) is 0 Å². The van der Waals surface area contributed by atoms with Crippen LogP contribution in [0.25, 0.3) is 11.0 Å². The van der Waals surface area contributed by atoms with Crippen molar-refractivity contribution in [1.29, 1.82) is 0 Å². The third kappa shape index (κ3) is 3.10. The molecule has 0 radical (unpaired) electrons. The Labute approximate surface area is 143 Å². The van der Waals surface area contributed by atoms with Crippen LogP contribution < -0.4 is 10.4 Å². The minimum absolute atomic E-state index is 0.00130. The normalized spacial score (nSPS) is 10.8. The summed E-state index contributed by atoms with van der Waals surface area (Å²) in [5, 5.41) is 11.8. The maximum absolute atomic E-state index is 11.9. The van der Waals surface area contributed by atoms with Crippen LogP contribution in [-0.2, 0) is 6.61 Å². The summed E-state index contributed by atoms with van der Waals surface area (Å²) in [6.45, 7) is 5.60. The van der Waals surface area contributed by atoms with Gasteiger partial charge in [-0.3, -0.25) is 10.1 Å². The first-order valence-corrected chi connectivity index (χ1v) is 7.78. The highest BCUT2D eigenvalue weighted by atomic mass is 16.6. The number of nitro groups is 1. The number of nitrogens with zero attached hydrogens (tertiary/aromatic N) is 1. The average molecular weight is 339 g/mol. The average Bonchev–Trinajstić information content (AvgIpc) is 2.57. The molecule has 0 unspecified atom stereocenters. The summed E-state index contributed by atoms with van der Waals surface area (Å²) in [4.78, 5) is 22.5. The Hall–Kier alpha value is -3.15. The first-order chi connectivity index (χ1) is 11.9. The number of hydrogen-bond acceptors (Lipinski definition) is 5. The van der Waals surface area contributed by atoms with E-state index in [4.69, 9.17) is 9.15 Å². The Bertz CT molecular complexity index is 1040. The van der Waals surface area contributed by atoms with E-state index in [0.717, 1.165) is 16.5 Å². The summed E-state index contributed by atoms with van der Waals surface area (Å²) in [7, 11) is 0. The Morgan fingerprint density at radius 2 is 1.88 bits per heavy atom. The fourth-order valence-corrected chi connectivity index (χ4v) is 2.76.